The van der Waals surface area contributed by atoms with Gasteiger partial charge >= 0.3 is 0 Å². The Morgan fingerprint density at radius 3 is 2.50 bits per heavy atom. The van der Waals surface area contributed by atoms with Gasteiger partial charge in [-0.3, -0.25) is 0 Å². The second-order valence-corrected chi connectivity index (χ2v) is 6.13. The van der Waals surface area contributed by atoms with Gasteiger partial charge in [-0.05, 0) is 74.5 Å². The summed E-state index contributed by atoms with van der Waals surface area (Å²) >= 11 is 8.51. The van der Waals surface area contributed by atoms with Crippen LogP contribution in [-0.4, -0.2) is 23.7 Å². The van der Waals surface area contributed by atoms with E-state index in [9.17, 15) is 5.11 Å². The van der Waals surface area contributed by atoms with Crippen molar-refractivity contribution in [1.29, 1.82) is 0 Å². The molecule has 0 aromatic heterocycles. The highest BCUT2D eigenvalue weighted by Crippen LogP contribution is 2.33. The van der Waals surface area contributed by atoms with E-state index in [0.29, 0.717) is 0 Å². The third-order valence-electron chi connectivity index (χ3n) is 2.11. The molecule has 0 aliphatic carbocycles. The molecule has 0 heterocycles. The minimum atomic E-state index is 0.256. The summed E-state index contributed by atoms with van der Waals surface area (Å²) in [4.78, 5) is 0. The first kappa shape index (κ1) is 14.4. The number of rotatable bonds is 6. The third kappa shape index (κ3) is 4.65. The summed E-state index contributed by atoms with van der Waals surface area (Å²) in [5, 5.41) is 12.9. The van der Waals surface area contributed by atoms with Gasteiger partial charge < -0.3 is 10.4 Å². The maximum Gasteiger partial charge on any atom is 0.143 e. The number of halogens is 2. The van der Waals surface area contributed by atoms with Crippen LogP contribution in [0.1, 0.15) is 12.0 Å². The normalized spacial score (nSPS) is 10.7. The molecule has 0 saturated heterocycles. The van der Waals surface area contributed by atoms with Gasteiger partial charge in [0.1, 0.15) is 5.75 Å². The third-order valence-corrected chi connectivity index (χ3v) is 4.01. The Hall–Kier alpha value is 0.290. The molecule has 1 aromatic rings. The summed E-state index contributed by atoms with van der Waals surface area (Å²) in [6.45, 7) is 1.85. The lowest BCUT2D eigenvalue weighted by Gasteiger charge is -2.07. The topological polar surface area (TPSA) is 32.3 Å². The largest absolute Gasteiger partial charge is 0.506 e. The molecular weight excluding hydrogens is 354 g/mol. The van der Waals surface area contributed by atoms with E-state index in [0.717, 1.165) is 27.6 Å². The second kappa shape index (κ2) is 7.58. The molecule has 0 aliphatic rings. The van der Waals surface area contributed by atoms with Gasteiger partial charge in [0.05, 0.1) is 8.95 Å². The maximum atomic E-state index is 9.56. The van der Waals surface area contributed by atoms with Crippen molar-refractivity contribution in [1.82, 2.24) is 5.32 Å². The van der Waals surface area contributed by atoms with Crippen LogP contribution in [0.2, 0.25) is 0 Å². The Morgan fingerprint density at radius 1 is 1.31 bits per heavy atom. The fraction of sp³-hybridized carbons (Fsp3) is 0.455. The van der Waals surface area contributed by atoms with E-state index >= 15 is 0 Å². The predicted molar refractivity (Wildman–Crippen MR) is 78.2 cm³/mol. The van der Waals surface area contributed by atoms with Crippen molar-refractivity contribution in [2.24, 2.45) is 0 Å². The van der Waals surface area contributed by atoms with Gasteiger partial charge in [0.2, 0.25) is 0 Å². The summed E-state index contributed by atoms with van der Waals surface area (Å²) in [7, 11) is 0. The Morgan fingerprint density at radius 2 is 1.94 bits per heavy atom. The van der Waals surface area contributed by atoms with Crippen molar-refractivity contribution in [3.63, 3.8) is 0 Å². The average molecular weight is 369 g/mol. The summed E-state index contributed by atoms with van der Waals surface area (Å²) in [5.74, 6) is 1.45. The molecule has 0 fully saturated rings. The predicted octanol–water partition coefficient (Wildman–Crippen LogP) is 3.76. The summed E-state index contributed by atoms with van der Waals surface area (Å²) < 4.78 is 1.45. The van der Waals surface area contributed by atoms with E-state index in [1.54, 1.807) is 0 Å². The van der Waals surface area contributed by atoms with Crippen LogP contribution >= 0.6 is 43.6 Å². The van der Waals surface area contributed by atoms with Crippen LogP contribution in [0.15, 0.2) is 21.1 Å². The number of thioether (sulfide) groups is 1. The molecule has 0 radical (unpaired) electrons. The molecule has 2 N–H and O–H groups in total. The zero-order valence-corrected chi connectivity index (χ0v) is 13.1. The smallest absolute Gasteiger partial charge is 0.143 e. The first-order valence-corrected chi connectivity index (χ1v) is 7.99. The fourth-order valence-electron chi connectivity index (χ4n) is 1.29. The molecule has 0 spiro atoms. The second-order valence-electron chi connectivity index (χ2n) is 3.43. The first-order chi connectivity index (χ1) is 7.65. The molecule has 1 aromatic carbocycles. The molecule has 0 amide bonds. The standard InChI is InChI=1S/C11H15Br2NOS/c1-16-4-2-3-14-7-8-5-9(12)11(15)10(13)6-8/h5-6,14-15H,2-4,7H2,1H3. The van der Waals surface area contributed by atoms with Crippen LogP contribution in [0.5, 0.6) is 5.75 Å². The highest BCUT2D eigenvalue weighted by Gasteiger charge is 2.05. The van der Waals surface area contributed by atoms with E-state index in [4.69, 9.17) is 0 Å². The number of hydrogen-bond acceptors (Lipinski definition) is 3. The lowest BCUT2D eigenvalue weighted by Crippen LogP contribution is -2.15. The van der Waals surface area contributed by atoms with Crippen molar-refractivity contribution in [2.75, 3.05) is 18.6 Å². The van der Waals surface area contributed by atoms with E-state index in [2.05, 4.69) is 43.4 Å². The van der Waals surface area contributed by atoms with Gasteiger partial charge in [-0.2, -0.15) is 11.8 Å². The highest BCUT2D eigenvalue weighted by atomic mass is 79.9. The molecule has 16 heavy (non-hydrogen) atoms. The van der Waals surface area contributed by atoms with Gasteiger partial charge in [0.25, 0.3) is 0 Å². The Bertz CT molecular complexity index is 324. The molecule has 0 atom stereocenters. The summed E-state index contributed by atoms with van der Waals surface area (Å²) in [6.07, 6.45) is 3.30. The first-order valence-electron chi connectivity index (χ1n) is 5.01. The monoisotopic (exact) mass is 367 g/mol. The van der Waals surface area contributed by atoms with Crippen LogP contribution in [-0.2, 0) is 6.54 Å². The number of nitrogens with one attached hydrogen (secondary N) is 1. The van der Waals surface area contributed by atoms with E-state index in [-0.39, 0.29) is 5.75 Å². The minimum absolute atomic E-state index is 0.256. The van der Waals surface area contributed by atoms with E-state index < -0.39 is 0 Å². The maximum absolute atomic E-state index is 9.56. The van der Waals surface area contributed by atoms with Crippen LogP contribution in [0.3, 0.4) is 0 Å². The van der Waals surface area contributed by atoms with Crippen molar-refractivity contribution in [2.45, 2.75) is 13.0 Å². The molecule has 5 heteroatoms. The Balaban J connectivity index is 2.43. The van der Waals surface area contributed by atoms with Crippen LogP contribution in [0, 0.1) is 0 Å². The molecule has 90 valence electrons. The van der Waals surface area contributed by atoms with E-state index in [1.165, 1.54) is 12.2 Å². The molecule has 1 rings (SSSR count). The van der Waals surface area contributed by atoms with Gasteiger partial charge in [0.15, 0.2) is 0 Å². The minimum Gasteiger partial charge on any atom is -0.506 e. The number of hydrogen-bond donors (Lipinski definition) is 2. The summed E-state index contributed by atoms with van der Waals surface area (Å²) in [6, 6.07) is 3.86. The zero-order chi connectivity index (χ0) is 12.0. The van der Waals surface area contributed by atoms with Gasteiger partial charge in [-0.15, -0.1) is 0 Å². The average Bonchev–Trinajstić information content (AvgIpc) is 2.25. The lowest BCUT2D eigenvalue weighted by atomic mass is 10.2. The van der Waals surface area contributed by atoms with Crippen molar-refractivity contribution in [3.8, 4) is 5.75 Å². The highest BCUT2D eigenvalue weighted by molar-refractivity contribution is 9.11. The Kier molecular flexibility index (Phi) is 6.80. The van der Waals surface area contributed by atoms with Gasteiger partial charge in [-0.25, -0.2) is 0 Å². The molecule has 0 saturated carbocycles. The van der Waals surface area contributed by atoms with Crippen LogP contribution in [0.4, 0.5) is 0 Å². The van der Waals surface area contributed by atoms with E-state index in [1.807, 2.05) is 23.9 Å². The molecule has 0 unspecified atom stereocenters. The van der Waals surface area contributed by atoms with Gasteiger partial charge in [-0.1, -0.05) is 0 Å². The SMILES string of the molecule is CSCCCNCc1cc(Br)c(O)c(Br)c1. The molecular formula is C11H15Br2NOS. The summed E-state index contributed by atoms with van der Waals surface area (Å²) in [5.41, 5.74) is 1.15. The van der Waals surface area contributed by atoms with Crippen molar-refractivity contribution < 1.29 is 5.11 Å². The number of aromatic hydroxyl groups is 1. The zero-order valence-electron chi connectivity index (χ0n) is 9.09. The quantitative estimate of drug-likeness (QED) is 0.750. The van der Waals surface area contributed by atoms with Crippen molar-refractivity contribution in [3.05, 3.63) is 26.6 Å². The Labute approximate surface area is 117 Å². The molecule has 0 bridgehead atoms. The van der Waals surface area contributed by atoms with Crippen LogP contribution in [0.25, 0.3) is 0 Å². The van der Waals surface area contributed by atoms with Gasteiger partial charge in [0, 0.05) is 6.54 Å². The fourth-order valence-corrected chi connectivity index (χ4v) is 3.01. The number of phenolic OH excluding ortho intramolecular Hbond substituents is 1. The van der Waals surface area contributed by atoms with Crippen LogP contribution < -0.4 is 5.32 Å². The number of phenols is 1. The number of benzene rings is 1. The molecule has 2 nitrogen and oxygen atoms in total. The van der Waals surface area contributed by atoms with Crippen molar-refractivity contribution >= 4 is 43.6 Å². The molecule has 0 aliphatic heterocycles. The lowest BCUT2D eigenvalue weighted by molar-refractivity contribution is 0.468.